The van der Waals surface area contributed by atoms with Gasteiger partial charge in [0.2, 0.25) is 5.91 Å². The van der Waals surface area contributed by atoms with Crippen molar-refractivity contribution in [1.82, 2.24) is 10.6 Å². The van der Waals surface area contributed by atoms with E-state index in [9.17, 15) is 23.2 Å². The van der Waals surface area contributed by atoms with E-state index >= 15 is 0 Å². The van der Waals surface area contributed by atoms with Gasteiger partial charge in [-0.1, -0.05) is 19.9 Å². The molecule has 1 atom stereocenters. The number of benzene rings is 1. The predicted octanol–water partition coefficient (Wildman–Crippen LogP) is 1.31. The molecule has 0 aliphatic heterocycles. The first kappa shape index (κ1) is 18.5. The number of nitrogens with one attached hydrogen (secondary N) is 2. The Hall–Kier alpha value is -2.51. The molecule has 0 heterocycles. The minimum atomic E-state index is -1.08. The van der Waals surface area contributed by atoms with E-state index in [1.165, 1.54) is 0 Å². The number of rotatable bonds is 7. The Morgan fingerprint density at radius 3 is 2.22 bits per heavy atom. The quantitative estimate of drug-likeness (QED) is 0.703. The van der Waals surface area contributed by atoms with Crippen LogP contribution in [0.1, 0.15) is 30.6 Å². The van der Waals surface area contributed by atoms with Gasteiger partial charge in [0, 0.05) is 6.54 Å². The number of carbonyl (C=O) groups is 3. The van der Waals surface area contributed by atoms with Crippen molar-refractivity contribution in [1.29, 1.82) is 0 Å². The molecule has 1 aromatic rings. The van der Waals surface area contributed by atoms with Crippen molar-refractivity contribution in [3.05, 3.63) is 35.4 Å². The summed E-state index contributed by atoms with van der Waals surface area (Å²) in [6.07, 6.45) is -0.271. The third-order valence-electron chi connectivity index (χ3n) is 3.06. The van der Waals surface area contributed by atoms with Gasteiger partial charge in [-0.15, -0.1) is 0 Å². The van der Waals surface area contributed by atoms with Crippen molar-refractivity contribution in [2.24, 2.45) is 5.92 Å². The maximum Gasteiger partial charge on any atom is 0.305 e. The second-order valence-electron chi connectivity index (χ2n) is 5.23. The first-order chi connectivity index (χ1) is 10.7. The Morgan fingerprint density at radius 1 is 1.17 bits per heavy atom. The van der Waals surface area contributed by atoms with Crippen LogP contribution in [0, 0.1) is 17.6 Å². The van der Waals surface area contributed by atoms with E-state index in [1.54, 1.807) is 13.8 Å². The minimum absolute atomic E-state index is 0.110. The van der Waals surface area contributed by atoms with Gasteiger partial charge in [0.15, 0.2) is 0 Å². The number of aliphatic carboxylic acids is 1. The van der Waals surface area contributed by atoms with Gasteiger partial charge in [-0.25, -0.2) is 8.78 Å². The second-order valence-corrected chi connectivity index (χ2v) is 5.23. The van der Waals surface area contributed by atoms with E-state index in [4.69, 9.17) is 5.11 Å². The average molecular weight is 328 g/mol. The molecule has 1 unspecified atom stereocenters. The fraction of sp³-hybridized carbons (Fsp3) is 0.400. The molecular weight excluding hydrogens is 310 g/mol. The molecule has 3 N–H and O–H groups in total. The molecule has 2 amide bonds. The number of hydrogen-bond acceptors (Lipinski definition) is 3. The lowest BCUT2D eigenvalue weighted by Gasteiger charge is -2.21. The third kappa shape index (κ3) is 5.32. The maximum atomic E-state index is 13.6. The standard InChI is InChI=1S/C15H18F2N2O4/c1-8(2)13(15(23)18-7-6-11(20)21)19-14(22)12-9(16)4-3-5-10(12)17/h3-5,8,13H,6-7H2,1-2H3,(H,18,23)(H,19,22)(H,20,21). The summed E-state index contributed by atoms with van der Waals surface area (Å²) in [6.45, 7) is 3.17. The maximum absolute atomic E-state index is 13.6. The van der Waals surface area contributed by atoms with Crippen LogP contribution >= 0.6 is 0 Å². The van der Waals surface area contributed by atoms with E-state index < -0.39 is 41.0 Å². The first-order valence-electron chi connectivity index (χ1n) is 6.98. The summed E-state index contributed by atoms with van der Waals surface area (Å²) in [6, 6.07) is 1.96. The van der Waals surface area contributed by atoms with E-state index in [0.29, 0.717) is 0 Å². The van der Waals surface area contributed by atoms with Crippen LogP contribution in [-0.4, -0.2) is 35.5 Å². The number of amides is 2. The molecule has 0 aromatic heterocycles. The summed E-state index contributed by atoms with van der Waals surface area (Å²) in [7, 11) is 0. The number of halogens is 2. The average Bonchev–Trinajstić information content (AvgIpc) is 2.43. The molecule has 1 aromatic carbocycles. The Kier molecular flexibility index (Phi) is 6.62. The topological polar surface area (TPSA) is 95.5 Å². The van der Waals surface area contributed by atoms with Gasteiger partial charge in [-0.05, 0) is 18.1 Å². The van der Waals surface area contributed by atoms with Gasteiger partial charge in [0.05, 0.1) is 6.42 Å². The van der Waals surface area contributed by atoms with E-state index in [2.05, 4.69) is 10.6 Å². The van der Waals surface area contributed by atoms with Gasteiger partial charge in [-0.2, -0.15) is 0 Å². The molecule has 0 saturated carbocycles. The van der Waals surface area contributed by atoms with Crippen LogP contribution < -0.4 is 10.6 Å². The van der Waals surface area contributed by atoms with Crippen molar-refractivity contribution >= 4 is 17.8 Å². The Labute approximate surface area is 131 Å². The number of carboxylic acid groups (broad SMARTS) is 1. The largest absolute Gasteiger partial charge is 0.481 e. The Bertz CT molecular complexity index is 585. The van der Waals surface area contributed by atoms with Crippen molar-refractivity contribution in [3.63, 3.8) is 0 Å². The highest BCUT2D eigenvalue weighted by molar-refractivity contribution is 5.98. The summed E-state index contributed by atoms with van der Waals surface area (Å²) >= 11 is 0. The fourth-order valence-corrected chi connectivity index (χ4v) is 1.87. The number of hydrogen-bond donors (Lipinski definition) is 3. The molecule has 23 heavy (non-hydrogen) atoms. The molecule has 8 heteroatoms. The van der Waals surface area contributed by atoms with E-state index in [0.717, 1.165) is 18.2 Å². The lowest BCUT2D eigenvalue weighted by Crippen LogP contribution is -2.50. The molecule has 6 nitrogen and oxygen atoms in total. The van der Waals surface area contributed by atoms with Crippen LogP contribution in [0.4, 0.5) is 8.78 Å². The van der Waals surface area contributed by atoms with Crippen LogP contribution in [0.25, 0.3) is 0 Å². The number of carboxylic acids is 1. The van der Waals surface area contributed by atoms with Gasteiger partial charge >= 0.3 is 5.97 Å². The number of carbonyl (C=O) groups excluding carboxylic acids is 2. The summed E-state index contributed by atoms with van der Waals surface area (Å²) < 4.78 is 27.2. The van der Waals surface area contributed by atoms with Gasteiger partial charge in [0.25, 0.3) is 5.91 Å². The predicted molar refractivity (Wildman–Crippen MR) is 77.7 cm³/mol. The monoisotopic (exact) mass is 328 g/mol. The molecule has 0 fully saturated rings. The highest BCUT2D eigenvalue weighted by Gasteiger charge is 2.27. The Balaban J connectivity index is 2.81. The fourth-order valence-electron chi connectivity index (χ4n) is 1.87. The summed E-state index contributed by atoms with van der Waals surface area (Å²) in [5.41, 5.74) is -0.767. The first-order valence-corrected chi connectivity index (χ1v) is 6.98. The Morgan fingerprint density at radius 2 is 1.74 bits per heavy atom. The summed E-state index contributed by atoms with van der Waals surface area (Å²) in [5.74, 6) is -5.17. The highest BCUT2D eigenvalue weighted by atomic mass is 19.1. The lowest BCUT2D eigenvalue weighted by molar-refractivity contribution is -0.137. The zero-order chi connectivity index (χ0) is 17.6. The van der Waals surface area contributed by atoms with Gasteiger partial charge in [0.1, 0.15) is 23.2 Å². The molecule has 1 rings (SSSR count). The molecule has 0 spiro atoms. The van der Waals surface area contributed by atoms with Gasteiger partial charge < -0.3 is 15.7 Å². The zero-order valence-corrected chi connectivity index (χ0v) is 12.7. The molecule has 0 bridgehead atoms. The normalized spacial score (nSPS) is 11.9. The molecule has 0 radical (unpaired) electrons. The van der Waals surface area contributed by atoms with Crippen LogP contribution in [-0.2, 0) is 9.59 Å². The molecular formula is C15H18F2N2O4. The molecule has 0 saturated heterocycles. The van der Waals surface area contributed by atoms with E-state index in [1.807, 2.05) is 0 Å². The van der Waals surface area contributed by atoms with Gasteiger partial charge in [-0.3, -0.25) is 14.4 Å². The van der Waals surface area contributed by atoms with E-state index in [-0.39, 0.29) is 18.9 Å². The van der Waals surface area contributed by atoms with Crippen LogP contribution in [0.5, 0.6) is 0 Å². The SMILES string of the molecule is CC(C)C(NC(=O)c1c(F)cccc1F)C(=O)NCCC(=O)O. The minimum Gasteiger partial charge on any atom is -0.481 e. The summed E-state index contributed by atoms with van der Waals surface area (Å²) in [5, 5.41) is 13.2. The van der Waals surface area contributed by atoms with Crippen LogP contribution in [0.3, 0.4) is 0 Å². The van der Waals surface area contributed by atoms with Crippen molar-refractivity contribution in [3.8, 4) is 0 Å². The van der Waals surface area contributed by atoms with Crippen molar-refractivity contribution in [2.75, 3.05) is 6.54 Å². The van der Waals surface area contributed by atoms with Crippen molar-refractivity contribution in [2.45, 2.75) is 26.3 Å². The van der Waals surface area contributed by atoms with Crippen LogP contribution in [0.2, 0.25) is 0 Å². The highest BCUT2D eigenvalue weighted by Crippen LogP contribution is 2.13. The second kappa shape index (κ2) is 8.21. The molecule has 0 aliphatic rings. The van der Waals surface area contributed by atoms with Crippen LogP contribution in [0.15, 0.2) is 18.2 Å². The lowest BCUT2D eigenvalue weighted by atomic mass is 10.0. The molecule has 0 aliphatic carbocycles. The molecule has 126 valence electrons. The zero-order valence-electron chi connectivity index (χ0n) is 12.7. The smallest absolute Gasteiger partial charge is 0.305 e. The summed E-state index contributed by atoms with van der Waals surface area (Å²) in [4.78, 5) is 34.4. The van der Waals surface area contributed by atoms with Crippen molar-refractivity contribution < 1.29 is 28.3 Å². The third-order valence-corrected chi connectivity index (χ3v) is 3.06.